The smallest absolute Gasteiger partial charge is 0.261 e. The predicted molar refractivity (Wildman–Crippen MR) is 38.6 cm³/mol. The van der Waals surface area contributed by atoms with Gasteiger partial charge in [0.25, 0.3) is 6.43 Å². The second-order valence-electron chi connectivity index (χ2n) is 2.19. The van der Waals surface area contributed by atoms with E-state index >= 15 is 0 Å². The molecule has 0 saturated carbocycles. The van der Waals surface area contributed by atoms with Crippen molar-refractivity contribution in [3.05, 3.63) is 29.6 Å². The van der Waals surface area contributed by atoms with Gasteiger partial charge in [-0.2, -0.15) is 0 Å². The van der Waals surface area contributed by atoms with Gasteiger partial charge in [-0.3, -0.25) is 4.98 Å². The summed E-state index contributed by atoms with van der Waals surface area (Å²) < 4.78 is 24.3. The molecule has 1 heterocycles. The summed E-state index contributed by atoms with van der Waals surface area (Å²) in [6.45, 7) is 1.81. The van der Waals surface area contributed by atoms with E-state index < -0.39 is 6.43 Å². The number of nitrogens with zero attached hydrogens (tertiary/aromatic N) is 1. The lowest BCUT2D eigenvalue weighted by Gasteiger charge is -2.03. The van der Waals surface area contributed by atoms with E-state index in [1.54, 1.807) is 0 Å². The van der Waals surface area contributed by atoms with Crippen LogP contribution in [0, 0.1) is 0 Å². The van der Waals surface area contributed by atoms with Gasteiger partial charge in [-0.05, 0) is 18.6 Å². The highest BCUT2D eigenvalue weighted by Gasteiger charge is 2.10. The first-order chi connectivity index (χ1) is 5.25. The minimum atomic E-state index is -2.40. The van der Waals surface area contributed by atoms with Gasteiger partial charge in [0.05, 0.1) is 0 Å². The highest BCUT2D eigenvalue weighted by Crippen LogP contribution is 2.20. The van der Waals surface area contributed by atoms with Crippen LogP contribution in [0.3, 0.4) is 0 Å². The van der Waals surface area contributed by atoms with Gasteiger partial charge in [0.2, 0.25) is 0 Å². The first-order valence-corrected chi connectivity index (χ1v) is 3.47. The maximum atomic E-state index is 12.2. The van der Waals surface area contributed by atoms with Crippen LogP contribution < -0.4 is 0 Å². The summed E-state index contributed by atoms with van der Waals surface area (Å²) in [6, 6.07) is 2.94. The summed E-state index contributed by atoms with van der Waals surface area (Å²) in [4.78, 5) is 3.84. The lowest BCUT2D eigenvalue weighted by Crippen LogP contribution is -1.95. The van der Waals surface area contributed by atoms with E-state index in [1.165, 1.54) is 18.3 Å². The zero-order valence-corrected chi connectivity index (χ0v) is 6.22. The molecule has 1 aromatic heterocycles. The van der Waals surface area contributed by atoms with Crippen molar-refractivity contribution in [3.8, 4) is 0 Å². The lowest BCUT2D eigenvalue weighted by molar-refractivity contribution is 0.149. The van der Waals surface area contributed by atoms with Crippen LogP contribution in [0.1, 0.15) is 24.6 Å². The summed E-state index contributed by atoms with van der Waals surface area (Å²) in [7, 11) is 0. The van der Waals surface area contributed by atoms with Crippen molar-refractivity contribution < 1.29 is 8.78 Å². The fourth-order valence-electron chi connectivity index (χ4n) is 0.945. The van der Waals surface area contributed by atoms with Crippen LogP contribution in [0.15, 0.2) is 18.3 Å². The second-order valence-corrected chi connectivity index (χ2v) is 2.19. The molecule has 0 saturated heterocycles. The third-order valence-corrected chi connectivity index (χ3v) is 1.50. The highest BCUT2D eigenvalue weighted by molar-refractivity contribution is 5.20. The van der Waals surface area contributed by atoms with Crippen LogP contribution in [0.2, 0.25) is 0 Å². The van der Waals surface area contributed by atoms with Crippen LogP contribution in [-0.2, 0) is 6.42 Å². The normalized spacial score (nSPS) is 10.5. The minimum Gasteiger partial charge on any atom is -0.261 e. The van der Waals surface area contributed by atoms with Crippen molar-refractivity contribution in [3.63, 3.8) is 0 Å². The number of aromatic nitrogens is 1. The molecule has 60 valence electrons. The molecule has 1 nitrogen and oxygen atoms in total. The Balaban J connectivity index is 3.02. The van der Waals surface area contributed by atoms with Gasteiger partial charge in [0, 0.05) is 17.5 Å². The van der Waals surface area contributed by atoms with Gasteiger partial charge in [-0.15, -0.1) is 0 Å². The summed E-state index contributed by atoms with van der Waals surface area (Å²) in [5, 5.41) is 0. The number of alkyl halides is 2. The van der Waals surface area contributed by atoms with Gasteiger partial charge in [-0.1, -0.05) is 6.92 Å². The number of rotatable bonds is 2. The molecule has 0 aliphatic rings. The zero-order valence-electron chi connectivity index (χ0n) is 6.22. The quantitative estimate of drug-likeness (QED) is 0.643. The monoisotopic (exact) mass is 157 g/mol. The minimum absolute atomic E-state index is 0.0509. The first kappa shape index (κ1) is 8.11. The molecule has 0 aliphatic heterocycles. The fraction of sp³-hybridized carbons (Fsp3) is 0.375. The molecule has 0 unspecified atom stereocenters. The Morgan fingerprint density at radius 1 is 1.55 bits per heavy atom. The average Bonchev–Trinajstić information content (AvgIpc) is 2.04. The standard InChI is InChI=1S/C8H9F2N/c1-2-7-6(8(9)10)4-3-5-11-7/h3-5,8H,2H2,1H3. The van der Waals surface area contributed by atoms with E-state index in [0.717, 1.165) is 0 Å². The van der Waals surface area contributed by atoms with E-state index in [2.05, 4.69) is 4.98 Å². The molecule has 3 heteroatoms. The Labute approximate surface area is 64.1 Å². The van der Waals surface area contributed by atoms with Crippen molar-refractivity contribution in [2.45, 2.75) is 19.8 Å². The molecule has 0 fully saturated rings. The molecular formula is C8H9F2N. The molecule has 0 bridgehead atoms. The largest absolute Gasteiger partial charge is 0.265 e. The van der Waals surface area contributed by atoms with Gasteiger partial charge in [0.15, 0.2) is 0 Å². The molecule has 0 N–H and O–H groups in total. The number of hydrogen-bond donors (Lipinski definition) is 0. The summed E-state index contributed by atoms with van der Waals surface area (Å²) in [5.74, 6) is 0. The highest BCUT2D eigenvalue weighted by atomic mass is 19.3. The Bertz CT molecular complexity index is 235. The molecule has 0 atom stereocenters. The van der Waals surface area contributed by atoms with E-state index in [1.807, 2.05) is 6.92 Å². The maximum absolute atomic E-state index is 12.2. The van der Waals surface area contributed by atoms with Gasteiger partial charge < -0.3 is 0 Å². The van der Waals surface area contributed by atoms with Crippen LogP contribution in [0.4, 0.5) is 8.78 Å². The van der Waals surface area contributed by atoms with Crippen LogP contribution in [0.5, 0.6) is 0 Å². The van der Waals surface area contributed by atoms with Crippen LogP contribution >= 0.6 is 0 Å². The Morgan fingerprint density at radius 2 is 2.27 bits per heavy atom. The van der Waals surface area contributed by atoms with Crippen molar-refractivity contribution in [1.82, 2.24) is 4.98 Å². The third-order valence-electron chi connectivity index (χ3n) is 1.50. The van der Waals surface area contributed by atoms with Gasteiger partial charge >= 0.3 is 0 Å². The number of hydrogen-bond acceptors (Lipinski definition) is 1. The van der Waals surface area contributed by atoms with Crippen molar-refractivity contribution in [2.75, 3.05) is 0 Å². The van der Waals surface area contributed by atoms with Crippen LogP contribution in [0.25, 0.3) is 0 Å². The zero-order chi connectivity index (χ0) is 8.27. The summed E-state index contributed by atoms with van der Waals surface area (Å²) >= 11 is 0. The molecule has 1 rings (SSSR count). The maximum Gasteiger partial charge on any atom is 0.265 e. The average molecular weight is 157 g/mol. The van der Waals surface area contributed by atoms with Crippen LogP contribution in [-0.4, -0.2) is 4.98 Å². The molecule has 1 aromatic rings. The number of pyridine rings is 1. The molecular weight excluding hydrogens is 148 g/mol. The topological polar surface area (TPSA) is 12.9 Å². The SMILES string of the molecule is CCc1ncccc1C(F)F. The summed E-state index contributed by atoms with van der Waals surface area (Å²) in [6.07, 6.45) is -0.316. The van der Waals surface area contributed by atoms with E-state index in [0.29, 0.717) is 12.1 Å². The summed E-state index contributed by atoms with van der Waals surface area (Å²) in [5.41, 5.74) is 0.539. The Kier molecular flexibility index (Phi) is 2.52. The third kappa shape index (κ3) is 1.73. The molecule has 0 amide bonds. The van der Waals surface area contributed by atoms with E-state index in [-0.39, 0.29) is 5.56 Å². The van der Waals surface area contributed by atoms with E-state index in [9.17, 15) is 8.78 Å². The molecule has 0 spiro atoms. The van der Waals surface area contributed by atoms with Crippen molar-refractivity contribution in [2.24, 2.45) is 0 Å². The Hall–Kier alpha value is -0.990. The number of halogens is 2. The van der Waals surface area contributed by atoms with E-state index in [4.69, 9.17) is 0 Å². The Morgan fingerprint density at radius 3 is 2.73 bits per heavy atom. The molecule has 0 radical (unpaired) electrons. The van der Waals surface area contributed by atoms with Crippen molar-refractivity contribution >= 4 is 0 Å². The number of aryl methyl sites for hydroxylation is 1. The van der Waals surface area contributed by atoms with Gasteiger partial charge in [-0.25, -0.2) is 8.78 Å². The first-order valence-electron chi connectivity index (χ1n) is 3.47. The second kappa shape index (κ2) is 3.42. The predicted octanol–water partition coefficient (Wildman–Crippen LogP) is 2.58. The van der Waals surface area contributed by atoms with Gasteiger partial charge in [0.1, 0.15) is 0 Å². The molecule has 0 aliphatic carbocycles. The lowest BCUT2D eigenvalue weighted by atomic mass is 10.1. The molecule has 11 heavy (non-hydrogen) atoms. The van der Waals surface area contributed by atoms with Crippen molar-refractivity contribution in [1.29, 1.82) is 0 Å². The molecule has 0 aromatic carbocycles. The fourth-order valence-corrected chi connectivity index (χ4v) is 0.945.